The van der Waals surface area contributed by atoms with Crippen LogP contribution < -0.4 is 5.73 Å². The molecule has 0 spiro atoms. The summed E-state index contributed by atoms with van der Waals surface area (Å²) in [5.41, 5.74) is 5.57. The van der Waals surface area contributed by atoms with Crippen molar-refractivity contribution in [3.63, 3.8) is 0 Å². The highest BCUT2D eigenvalue weighted by Crippen LogP contribution is 2.35. The van der Waals surface area contributed by atoms with Gasteiger partial charge in [-0.1, -0.05) is 12.8 Å². The third-order valence-corrected chi connectivity index (χ3v) is 4.25. The van der Waals surface area contributed by atoms with Crippen LogP contribution in [-0.4, -0.2) is 29.3 Å². The third kappa shape index (κ3) is 2.28. The molecule has 1 fully saturated rings. The molecule has 0 saturated heterocycles. The Balaban J connectivity index is 2.34. The maximum Gasteiger partial charge on any atom is 0.254 e. The number of nitrogens with zero attached hydrogens (tertiary/aromatic N) is 1. The number of carbonyl (C=O) groups excluding carboxylic acids is 2. The minimum atomic E-state index is -0.905. The van der Waals surface area contributed by atoms with Crippen LogP contribution in [0, 0.1) is 12.7 Å². The summed E-state index contributed by atoms with van der Waals surface area (Å²) >= 11 is 0. The number of amides is 2. The predicted molar refractivity (Wildman–Crippen MR) is 73.6 cm³/mol. The van der Waals surface area contributed by atoms with Crippen LogP contribution in [0.1, 0.15) is 41.6 Å². The van der Waals surface area contributed by atoms with Crippen LogP contribution in [0.3, 0.4) is 0 Å². The Morgan fingerprint density at radius 3 is 2.40 bits per heavy atom. The second-order valence-corrected chi connectivity index (χ2v) is 5.43. The van der Waals surface area contributed by atoms with Crippen LogP contribution >= 0.6 is 0 Å². The molecule has 2 amide bonds. The molecule has 2 N–H and O–H groups in total. The summed E-state index contributed by atoms with van der Waals surface area (Å²) < 4.78 is 13.1. The van der Waals surface area contributed by atoms with Crippen LogP contribution in [0.25, 0.3) is 0 Å². The van der Waals surface area contributed by atoms with Crippen molar-refractivity contribution in [3.8, 4) is 0 Å². The van der Waals surface area contributed by atoms with Crippen molar-refractivity contribution >= 4 is 11.8 Å². The maximum absolute atomic E-state index is 13.1. The van der Waals surface area contributed by atoms with Crippen molar-refractivity contribution in [2.24, 2.45) is 5.73 Å². The molecule has 0 radical (unpaired) electrons. The van der Waals surface area contributed by atoms with Crippen molar-refractivity contribution in [2.75, 3.05) is 7.05 Å². The molecule has 1 saturated carbocycles. The molecule has 4 nitrogen and oxygen atoms in total. The standard InChI is InChI=1S/C15H19FN2O2/c1-10-9-11(16)5-6-12(10)13(19)18(2)15(14(17)20)7-3-4-8-15/h5-6,9H,3-4,7-8H2,1-2H3,(H2,17,20). The van der Waals surface area contributed by atoms with E-state index in [9.17, 15) is 14.0 Å². The van der Waals surface area contributed by atoms with Gasteiger partial charge in [0.2, 0.25) is 5.91 Å². The highest BCUT2D eigenvalue weighted by molar-refractivity contribution is 5.99. The molecule has 1 aromatic carbocycles. The van der Waals surface area contributed by atoms with Crippen LogP contribution in [0.2, 0.25) is 0 Å². The number of likely N-dealkylation sites (N-methyl/N-ethyl adjacent to an activating group) is 1. The molecule has 108 valence electrons. The summed E-state index contributed by atoms with van der Waals surface area (Å²) in [7, 11) is 1.60. The first kappa shape index (κ1) is 14.5. The monoisotopic (exact) mass is 278 g/mol. The Labute approximate surface area is 117 Å². The number of rotatable bonds is 3. The number of primary amides is 1. The Morgan fingerprint density at radius 2 is 1.90 bits per heavy atom. The van der Waals surface area contributed by atoms with Crippen molar-refractivity contribution in [2.45, 2.75) is 38.1 Å². The van der Waals surface area contributed by atoms with E-state index < -0.39 is 11.4 Å². The molecule has 0 unspecified atom stereocenters. The van der Waals surface area contributed by atoms with E-state index in [1.807, 2.05) is 0 Å². The summed E-state index contributed by atoms with van der Waals surface area (Å²) in [5, 5.41) is 0. The zero-order valence-corrected chi connectivity index (χ0v) is 11.8. The topological polar surface area (TPSA) is 63.4 Å². The van der Waals surface area contributed by atoms with Crippen molar-refractivity contribution in [3.05, 3.63) is 35.1 Å². The van der Waals surface area contributed by atoms with Gasteiger partial charge in [-0.3, -0.25) is 9.59 Å². The molecule has 0 heterocycles. The molecule has 0 aromatic heterocycles. The summed E-state index contributed by atoms with van der Waals surface area (Å²) in [6.45, 7) is 1.68. The second-order valence-electron chi connectivity index (χ2n) is 5.43. The van der Waals surface area contributed by atoms with Crippen LogP contribution in [0.4, 0.5) is 4.39 Å². The summed E-state index contributed by atoms with van der Waals surface area (Å²) in [6.07, 6.45) is 2.93. The fraction of sp³-hybridized carbons (Fsp3) is 0.467. The number of nitrogens with two attached hydrogens (primary N) is 1. The average molecular weight is 278 g/mol. The second kappa shape index (κ2) is 5.23. The van der Waals surface area contributed by atoms with Gasteiger partial charge in [-0.2, -0.15) is 0 Å². The Hall–Kier alpha value is -1.91. The van der Waals surface area contributed by atoms with E-state index in [1.165, 1.54) is 23.1 Å². The van der Waals surface area contributed by atoms with Crippen LogP contribution in [0.5, 0.6) is 0 Å². The lowest BCUT2D eigenvalue weighted by Crippen LogP contribution is -2.56. The van der Waals surface area contributed by atoms with Gasteiger partial charge < -0.3 is 10.6 Å². The first-order chi connectivity index (χ1) is 9.38. The molecule has 1 aliphatic rings. The maximum atomic E-state index is 13.1. The van der Waals surface area contributed by atoms with Gasteiger partial charge in [0.1, 0.15) is 11.4 Å². The average Bonchev–Trinajstić information content (AvgIpc) is 2.87. The van der Waals surface area contributed by atoms with Crippen LogP contribution in [0.15, 0.2) is 18.2 Å². The van der Waals surface area contributed by atoms with E-state index in [4.69, 9.17) is 5.73 Å². The molecule has 0 aliphatic heterocycles. The van der Waals surface area contributed by atoms with E-state index in [1.54, 1.807) is 14.0 Å². The summed E-state index contributed by atoms with van der Waals surface area (Å²) in [6, 6.07) is 4.01. The number of hydrogen-bond acceptors (Lipinski definition) is 2. The quantitative estimate of drug-likeness (QED) is 0.919. The zero-order valence-electron chi connectivity index (χ0n) is 11.8. The van der Waals surface area contributed by atoms with Crippen molar-refractivity contribution in [1.82, 2.24) is 4.90 Å². The number of halogens is 1. The molecule has 5 heteroatoms. The summed E-state index contributed by atoms with van der Waals surface area (Å²) in [5.74, 6) is -1.14. The Bertz CT molecular complexity index is 551. The molecular weight excluding hydrogens is 259 g/mol. The SMILES string of the molecule is Cc1cc(F)ccc1C(=O)N(C)C1(C(N)=O)CCCC1. The minimum Gasteiger partial charge on any atom is -0.368 e. The van der Waals surface area contributed by atoms with Gasteiger partial charge in [-0.05, 0) is 43.5 Å². The van der Waals surface area contributed by atoms with Crippen molar-refractivity contribution in [1.29, 1.82) is 0 Å². The van der Waals surface area contributed by atoms with Gasteiger partial charge in [0.15, 0.2) is 0 Å². The van der Waals surface area contributed by atoms with E-state index >= 15 is 0 Å². The number of benzene rings is 1. The lowest BCUT2D eigenvalue weighted by molar-refractivity contribution is -0.127. The van der Waals surface area contributed by atoms with Gasteiger partial charge in [-0.25, -0.2) is 4.39 Å². The first-order valence-corrected chi connectivity index (χ1v) is 6.73. The largest absolute Gasteiger partial charge is 0.368 e. The molecule has 0 atom stereocenters. The van der Waals surface area contributed by atoms with Gasteiger partial charge >= 0.3 is 0 Å². The highest BCUT2D eigenvalue weighted by atomic mass is 19.1. The Kier molecular flexibility index (Phi) is 3.79. The molecule has 20 heavy (non-hydrogen) atoms. The minimum absolute atomic E-state index is 0.289. The van der Waals surface area contributed by atoms with Gasteiger partial charge in [0, 0.05) is 12.6 Å². The van der Waals surface area contributed by atoms with E-state index in [0.29, 0.717) is 24.0 Å². The fourth-order valence-corrected chi connectivity index (χ4v) is 2.95. The third-order valence-electron chi connectivity index (χ3n) is 4.25. The number of hydrogen-bond donors (Lipinski definition) is 1. The van der Waals surface area contributed by atoms with Crippen molar-refractivity contribution < 1.29 is 14.0 Å². The van der Waals surface area contributed by atoms with Gasteiger partial charge in [0.05, 0.1) is 0 Å². The van der Waals surface area contributed by atoms with Gasteiger partial charge in [0.25, 0.3) is 5.91 Å². The first-order valence-electron chi connectivity index (χ1n) is 6.73. The summed E-state index contributed by atoms with van der Waals surface area (Å²) in [4.78, 5) is 25.8. The van der Waals surface area contributed by atoms with Gasteiger partial charge in [-0.15, -0.1) is 0 Å². The highest BCUT2D eigenvalue weighted by Gasteiger charge is 2.45. The van der Waals surface area contributed by atoms with Crippen LogP contribution in [-0.2, 0) is 4.79 Å². The lowest BCUT2D eigenvalue weighted by atomic mass is 9.93. The predicted octanol–water partition coefficient (Wildman–Crippen LogP) is 2.00. The lowest BCUT2D eigenvalue weighted by Gasteiger charge is -2.36. The molecule has 1 aliphatic carbocycles. The van der Waals surface area contributed by atoms with E-state index in [0.717, 1.165) is 12.8 Å². The zero-order chi connectivity index (χ0) is 14.9. The fourth-order valence-electron chi connectivity index (χ4n) is 2.95. The molecule has 1 aromatic rings. The molecule has 2 rings (SSSR count). The van der Waals surface area contributed by atoms with E-state index in [2.05, 4.69) is 0 Å². The molecular formula is C15H19FN2O2. The normalized spacial score (nSPS) is 16.9. The molecule has 0 bridgehead atoms. The Morgan fingerprint density at radius 1 is 1.30 bits per heavy atom. The van der Waals surface area contributed by atoms with E-state index in [-0.39, 0.29) is 11.7 Å². The number of aryl methyl sites for hydroxylation is 1. The smallest absolute Gasteiger partial charge is 0.254 e. The number of carbonyl (C=O) groups is 2.